The van der Waals surface area contributed by atoms with E-state index in [0.717, 1.165) is 24.9 Å². The van der Waals surface area contributed by atoms with Crippen molar-refractivity contribution in [3.05, 3.63) is 30.1 Å². The molecule has 128 valence electrons. The molecule has 23 heavy (non-hydrogen) atoms. The van der Waals surface area contributed by atoms with Crippen LogP contribution >= 0.6 is 0 Å². The van der Waals surface area contributed by atoms with Crippen LogP contribution in [0.1, 0.15) is 46.1 Å². The molecule has 0 unspecified atom stereocenters. The van der Waals surface area contributed by atoms with Crippen LogP contribution in [0, 0.1) is 5.92 Å². The van der Waals surface area contributed by atoms with Gasteiger partial charge in [0.05, 0.1) is 12.7 Å². The van der Waals surface area contributed by atoms with Crippen LogP contribution in [-0.4, -0.2) is 40.6 Å². The van der Waals surface area contributed by atoms with Gasteiger partial charge in [-0.25, -0.2) is 4.79 Å². The Balaban J connectivity index is 1.84. The van der Waals surface area contributed by atoms with Gasteiger partial charge in [-0.3, -0.25) is 4.98 Å². The first-order chi connectivity index (χ1) is 10.9. The summed E-state index contributed by atoms with van der Waals surface area (Å²) in [6.45, 7) is 10.4. The number of rotatable bonds is 5. The molecule has 5 heteroatoms. The predicted molar refractivity (Wildman–Crippen MR) is 91.1 cm³/mol. The quantitative estimate of drug-likeness (QED) is 0.906. The van der Waals surface area contributed by atoms with E-state index in [9.17, 15) is 4.79 Å². The third-order valence-corrected chi connectivity index (χ3v) is 4.75. The number of ether oxygens (including phenoxy) is 1. The van der Waals surface area contributed by atoms with Gasteiger partial charge in [0.25, 0.3) is 0 Å². The Morgan fingerprint density at radius 2 is 2.30 bits per heavy atom. The van der Waals surface area contributed by atoms with Crippen LogP contribution in [-0.2, 0) is 11.3 Å². The Morgan fingerprint density at radius 1 is 1.52 bits per heavy atom. The van der Waals surface area contributed by atoms with E-state index < -0.39 is 0 Å². The number of nitrogens with zero attached hydrogens (tertiary/aromatic N) is 2. The average Bonchev–Trinajstić information content (AvgIpc) is 2.53. The van der Waals surface area contributed by atoms with Crippen LogP contribution in [0.25, 0.3) is 0 Å². The maximum atomic E-state index is 12.5. The van der Waals surface area contributed by atoms with Crippen LogP contribution in [0.3, 0.4) is 0 Å². The summed E-state index contributed by atoms with van der Waals surface area (Å²) in [5.74, 6) is 0.383. The SMILES string of the molecule is CC(C)C(C)(C)NC(=O)N1CCC[C@@H](OCc2cccnc2)C1. The standard InChI is InChI=1S/C18H29N3O2/c1-14(2)18(3,4)20-17(22)21-10-6-8-16(12-21)23-13-15-7-5-9-19-11-15/h5,7,9,11,14,16H,6,8,10,12-13H2,1-4H3,(H,20,22)/t16-/m1/s1. The van der Waals surface area contributed by atoms with Crippen molar-refractivity contribution in [2.75, 3.05) is 13.1 Å². The second-order valence-electron chi connectivity index (χ2n) is 7.19. The van der Waals surface area contributed by atoms with Gasteiger partial charge in [-0.1, -0.05) is 19.9 Å². The highest BCUT2D eigenvalue weighted by atomic mass is 16.5. The Labute approximate surface area is 139 Å². The van der Waals surface area contributed by atoms with Gasteiger partial charge in [0.2, 0.25) is 0 Å². The van der Waals surface area contributed by atoms with Crippen molar-refractivity contribution in [2.45, 2.75) is 58.8 Å². The number of carbonyl (C=O) groups is 1. The second-order valence-corrected chi connectivity index (χ2v) is 7.19. The molecule has 5 nitrogen and oxygen atoms in total. The van der Waals surface area contributed by atoms with E-state index in [1.807, 2.05) is 23.2 Å². The van der Waals surface area contributed by atoms with Gasteiger partial charge in [-0.15, -0.1) is 0 Å². The average molecular weight is 319 g/mol. The summed E-state index contributed by atoms with van der Waals surface area (Å²) in [6, 6.07) is 3.93. The lowest BCUT2D eigenvalue weighted by molar-refractivity contribution is -0.00133. The highest BCUT2D eigenvalue weighted by Gasteiger charge is 2.29. The lowest BCUT2D eigenvalue weighted by Crippen LogP contribution is -2.55. The third-order valence-electron chi connectivity index (χ3n) is 4.75. The minimum absolute atomic E-state index is 0.0124. The zero-order chi connectivity index (χ0) is 16.9. The van der Waals surface area contributed by atoms with E-state index in [0.29, 0.717) is 19.1 Å². The summed E-state index contributed by atoms with van der Waals surface area (Å²) >= 11 is 0. The normalized spacial score (nSPS) is 19.0. The van der Waals surface area contributed by atoms with Crippen LogP contribution in [0.2, 0.25) is 0 Å². The molecule has 0 aliphatic carbocycles. The zero-order valence-corrected chi connectivity index (χ0v) is 14.7. The molecule has 2 amide bonds. The van der Waals surface area contributed by atoms with Crippen LogP contribution in [0.4, 0.5) is 4.79 Å². The molecule has 0 bridgehead atoms. The number of nitrogens with one attached hydrogen (secondary N) is 1. The van der Waals surface area contributed by atoms with Gasteiger partial charge in [0.15, 0.2) is 0 Å². The van der Waals surface area contributed by atoms with Crippen molar-refractivity contribution in [3.8, 4) is 0 Å². The summed E-state index contributed by atoms with van der Waals surface area (Å²) in [5.41, 5.74) is 0.857. The van der Waals surface area contributed by atoms with Gasteiger partial charge in [0.1, 0.15) is 0 Å². The van der Waals surface area contributed by atoms with Crippen molar-refractivity contribution in [1.29, 1.82) is 0 Å². The summed E-state index contributed by atoms with van der Waals surface area (Å²) in [5, 5.41) is 3.14. The third kappa shape index (κ3) is 5.20. The summed E-state index contributed by atoms with van der Waals surface area (Å²) in [4.78, 5) is 18.5. The Kier molecular flexibility index (Phi) is 5.99. The maximum Gasteiger partial charge on any atom is 0.317 e. The number of piperidine rings is 1. The lowest BCUT2D eigenvalue weighted by Gasteiger charge is -2.37. The minimum atomic E-state index is -0.208. The molecule has 0 aromatic carbocycles. The van der Waals surface area contributed by atoms with Crippen molar-refractivity contribution >= 4 is 6.03 Å². The first-order valence-corrected chi connectivity index (χ1v) is 8.46. The van der Waals surface area contributed by atoms with E-state index in [1.54, 1.807) is 6.20 Å². The fraction of sp³-hybridized carbons (Fsp3) is 0.667. The van der Waals surface area contributed by atoms with Crippen LogP contribution < -0.4 is 5.32 Å². The Hall–Kier alpha value is -1.62. The van der Waals surface area contributed by atoms with Crippen LogP contribution in [0.5, 0.6) is 0 Å². The van der Waals surface area contributed by atoms with Gasteiger partial charge >= 0.3 is 6.03 Å². The van der Waals surface area contributed by atoms with Crippen LogP contribution in [0.15, 0.2) is 24.5 Å². The first kappa shape index (κ1) is 17.7. The van der Waals surface area contributed by atoms with Crippen molar-refractivity contribution in [2.24, 2.45) is 5.92 Å². The number of carbonyl (C=O) groups excluding carboxylic acids is 1. The molecule has 1 N–H and O–H groups in total. The van der Waals surface area contributed by atoms with Gasteiger partial charge in [-0.05, 0) is 44.2 Å². The highest BCUT2D eigenvalue weighted by Crippen LogP contribution is 2.18. The molecule has 0 saturated carbocycles. The molecule has 1 saturated heterocycles. The lowest BCUT2D eigenvalue weighted by atomic mass is 9.91. The molecule has 1 aromatic rings. The molecule has 1 aliphatic heterocycles. The number of amides is 2. The molecule has 0 spiro atoms. The summed E-state index contributed by atoms with van der Waals surface area (Å²) < 4.78 is 5.97. The highest BCUT2D eigenvalue weighted by molar-refractivity contribution is 5.75. The summed E-state index contributed by atoms with van der Waals surface area (Å²) in [6.07, 6.45) is 5.65. The number of hydrogen-bond acceptors (Lipinski definition) is 3. The predicted octanol–water partition coefficient (Wildman–Crippen LogP) is 3.21. The maximum absolute atomic E-state index is 12.5. The fourth-order valence-corrected chi connectivity index (χ4v) is 2.46. The molecule has 2 heterocycles. The van der Waals surface area contributed by atoms with E-state index in [1.165, 1.54) is 0 Å². The second kappa shape index (κ2) is 7.77. The smallest absolute Gasteiger partial charge is 0.317 e. The molecular weight excluding hydrogens is 290 g/mol. The number of likely N-dealkylation sites (tertiary alicyclic amines) is 1. The molecule has 0 radical (unpaired) electrons. The fourth-order valence-electron chi connectivity index (χ4n) is 2.46. The number of urea groups is 1. The molecular formula is C18H29N3O2. The molecule has 2 rings (SSSR count). The van der Waals surface area contributed by atoms with Gasteiger partial charge in [-0.2, -0.15) is 0 Å². The van der Waals surface area contributed by atoms with E-state index >= 15 is 0 Å². The van der Waals surface area contributed by atoms with Crippen molar-refractivity contribution in [3.63, 3.8) is 0 Å². The minimum Gasteiger partial charge on any atom is -0.372 e. The molecule has 1 atom stereocenters. The first-order valence-electron chi connectivity index (χ1n) is 8.46. The molecule has 1 aliphatic rings. The summed E-state index contributed by atoms with van der Waals surface area (Å²) in [7, 11) is 0. The topological polar surface area (TPSA) is 54.5 Å². The monoisotopic (exact) mass is 319 g/mol. The van der Waals surface area contributed by atoms with E-state index in [4.69, 9.17) is 4.74 Å². The number of aromatic nitrogens is 1. The largest absolute Gasteiger partial charge is 0.372 e. The van der Waals surface area contributed by atoms with Gasteiger partial charge in [0, 0.05) is 31.0 Å². The van der Waals surface area contributed by atoms with Gasteiger partial charge < -0.3 is 15.0 Å². The van der Waals surface area contributed by atoms with Crippen molar-refractivity contribution in [1.82, 2.24) is 15.2 Å². The zero-order valence-electron chi connectivity index (χ0n) is 14.7. The molecule has 1 fully saturated rings. The van der Waals surface area contributed by atoms with E-state index in [-0.39, 0.29) is 17.7 Å². The Bertz CT molecular complexity index is 502. The van der Waals surface area contributed by atoms with E-state index in [2.05, 4.69) is 38.0 Å². The van der Waals surface area contributed by atoms with Crippen molar-refractivity contribution < 1.29 is 9.53 Å². The Morgan fingerprint density at radius 3 is 2.96 bits per heavy atom. The number of hydrogen-bond donors (Lipinski definition) is 1. The molecule has 1 aromatic heterocycles. The number of pyridine rings is 1.